The molecule has 0 aromatic heterocycles. The van der Waals surface area contributed by atoms with Gasteiger partial charge in [-0.3, -0.25) is 0 Å². The molecule has 1 aromatic carbocycles. The van der Waals surface area contributed by atoms with Crippen molar-refractivity contribution in [2.45, 2.75) is 45.1 Å². The van der Waals surface area contributed by atoms with Gasteiger partial charge in [0.15, 0.2) is 0 Å². The molecule has 0 saturated heterocycles. The lowest BCUT2D eigenvalue weighted by Gasteiger charge is -2.19. The standard InChI is InChI=1S/C16H23ClFN/c1-3-5-6-9-14(19-11-4-2)12-13-8-7-10-15(17)16(13)18/h3,7-8,10,14,19H,1,4-6,9,11-12H2,2H3. The van der Waals surface area contributed by atoms with Crippen LogP contribution in [-0.2, 0) is 6.42 Å². The Hall–Kier alpha value is -0.860. The Balaban J connectivity index is 2.63. The van der Waals surface area contributed by atoms with Gasteiger partial charge in [0.2, 0.25) is 0 Å². The van der Waals surface area contributed by atoms with E-state index in [0.717, 1.165) is 32.2 Å². The quantitative estimate of drug-likeness (QED) is 0.509. The van der Waals surface area contributed by atoms with Crippen LogP contribution in [0.25, 0.3) is 0 Å². The molecule has 1 rings (SSSR count). The summed E-state index contributed by atoms with van der Waals surface area (Å²) in [6.07, 6.45) is 6.80. The van der Waals surface area contributed by atoms with Crippen LogP contribution in [0, 0.1) is 5.82 Å². The lowest BCUT2D eigenvalue weighted by molar-refractivity contribution is 0.458. The molecule has 0 spiro atoms. The Morgan fingerprint density at radius 3 is 2.95 bits per heavy atom. The molecule has 0 aliphatic carbocycles. The Kier molecular flexibility index (Phi) is 7.76. The molecule has 0 saturated carbocycles. The van der Waals surface area contributed by atoms with Crippen molar-refractivity contribution in [1.29, 1.82) is 0 Å². The summed E-state index contributed by atoms with van der Waals surface area (Å²) in [6, 6.07) is 5.51. The van der Waals surface area contributed by atoms with Crippen LogP contribution < -0.4 is 5.32 Å². The van der Waals surface area contributed by atoms with E-state index in [1.165, 1.54) is 0 Å². The highest BCUT2D eigenvalue weighted by Crippen LogP contribution is 2.20. The van der Waals surface area contributed by atoms with E-state index < -0.39 is 0 Å². The molecule has 0 aliphatic heterocycles. The van der Waals surface area contributed by atoms with Gasteiger partial charge < -0.3 is 5.32 Å². The van der Waals surface area contributed by atoms with Crippen molar-refractivity contribution in [2.75, 3.05) is 6.54 Å². The summed E-state index contributed by atoms with van der Waals surface area (Å²) in [5.41, 5.74) is 0.694. The van der Waals surface area contributed by atoms with Crippen LogP contribution in [0.15, 0.2) is 30.9 Å². The molecule has 0 aliphatic rings. The Bertz CT molecular complexity index is 392. The number of nitrogens with one attached hydrogen (secondary N) is 1. The molecule has 1 aromatic rings. The normalized spacial score (nSPS) is 12.4. The third-order valence-electron chi connectivity index (χ3n) is 3.14. The number of rotatable bonds is 9. The van der Waals surface area contributed by atoms with Crippen LogP contribution in [-0.4, -0.2) is 12.6 Å². The zero-order valence-corrected chi connectivity index (χ0v) is 12.3. The minimum absolute atomic E-state index is 0.206. The van der Waals surface area contributed by atoms with Crippen LogP contribution in [0.5, 0.6) is 0 Å². The van der Waals surface area contributed by atoms with Crippen molar-refractivity contribution in [3.05, 3.63) is 47.3 Å². The zero-order chi connectivity index (χ0) is 14.1. The average Bonchev–Trinajstić information content (AvgIpc) is 2.41. The average molecular weight is 284 g/mol. The maximum Gasteiger partial charge on any atom is 0.145 e. The van der Waals surface area contributed by atoms with Gasteiger partial charge in [-0.15, -0.1) is 6.58 Å². The summed E-state index contributed by atoms with van der Waals surface area (Å²) in [7, 11) is 0. The fourth-order valence-corrected chi connectivity index (χ4v) is 2.30. The molecular weight excluding hydrogens is 261 g/mol. The molecule has 0 radical (unpaired) electrons. The van der Waals surface area contributed by atoms with Crippen LogP contribution in [0.3, 0.4) is 0 Å². The fourth-order valence-electron chi connectivity index (χ4n) is 2.10. The van der Waals surface area contributed by atoms with Gasteiger partial charge in [0, 0.05) is 6.04 Å². The van der Waals surface area contributed by atoms with E-state index in [1.807, 2.05) is 12.1 Å². The fraction of sp³-hybridized carbons (Fsp3) is 0.500. The summed E-state index contributed by atoms with van der Waals surface area (Å²) < 4.78 is 13.9. The van der Waals surface area contributed by atoms with E-state index >= 15 is 0 Å². The number of hydrogen-bond acceptors (Lipinski definition) is 1. The van der Waals surface area contributed by atoms with Crippen molar-refractivity contribution in [3.8, 4) is 0 Å². The summed E-state index contributed by atoms with van der Waals surface area (Å²) in [5, 5.41) is 3.69. The van der Waals surface area contributed by atoms with Gasteiger partial charge >= 0.3 is 0 Å². The third-order valence-corrected chi connectivity index (χ3v) is 3.43. The second-order valence-electron chi connectivity index (χ2n) is 4.79. The summed E-state index contributed by atoms with van der Waals surface area (Å²) in [5.74, 6) is -0.281. The van der Waals surface area contributed by atoms with Gasteiger partial charge in [-0.25, -0.2) is 4.39 Å². The topological polar surface area (TPSA) is 12.0 Å². The first kappa shape index (κ1) is 16.2. The maximum absolute atomic E-state index is 13.9. The van der Waals surface area contributed by atoms with E-state index in [1.54, 1.807) is 12.1 Å². The zero-order valence-electron chi connectivity index (χ0n) is 11.6. The second-order valence-corrected chi connectivity index (χ2v) is 5.19. The summed E-state index contributed by atoms with van der Waals surface area (Å²) in [4.78, 5) is 0. The lowest BCUT2D eigenvalue weighted by Crippen LogP contribution is -2.32. The Morgan fingerprint density at radius 2 is 2.26 bits per heavy atom. The van der Waals surface area contributed by atoms with Gasteiger partial charge in [0.1, 0.15) is 5.82 Å². The van der Waals surface area contributed by atoms with E-state index in [0.29, 0.717) is 18.0 Å². The van der Waals surface area contributed by atoms with E-state index in [-0.39, 0.29) is 10.8 Å². The molecule has 0 heterocycles. The number of hydrogen-bond donors (Lipinski definition) is 1. The van der Waals surface area contributed by atoms with Crippen molar-refractivity contribution < 1.29 is 4.39 Å². The third kappa shape index (κ3) is 5.75. The predicted molar refractivity (Wildman–Crippen MR) is 81.2 cm³/mol. The van der Waals surface area contributed by atoms with Gasteiger partial charge in [-0.1, -0.05) is 36.7 Å². The van der Waals surface area contributed by atoms with Crippen molar-refractivity contribution in [3.63, 3.8) is 0 Å². The SMILES string of the molecule is C=CCCCC(Cc1cccc(Cl)c1F)NCCC. The van der Waals surface area contributed by atoms with Crippen molar-refractivity contribution in [2.24, 2.45) is 0 Å². The number of allylic oxidation sites excluding steroid dienone is 1. The monoisotopic (exact) mass is 283 g/mol. The van der Waals surface area contributed by atoms with Gasteiger partial charge in [-0.2, -0.15) is 0 Å². The first-order chi connectivity index (χ1) is 9.19. The molecule has 1 nitrogen and oxygen atoms in total. The number of unbranched alkanes of at least 4 members (excludes halogenated alkanes) is 1. The molecule has 3 heteroatoms. The van der Waals surface area contributed by atoms with Crippen LogP contribution in [0.4, 0.5) is 4.39 Å². The molecule has 106 valence electrons. The molecule has 19 heavy (non-hydrogen) atoms. The Labute approximate surface area is 120 Å². The van der Waals surface area contributed by atoms with Gasteiger partial charge in [0.05, 0.1) is 5.02 Å². The molecule has 0 fully saturated rings. The minimum Gasteiger partial charge on any atom is -0.314 e. The lowest BCUT2D eigenvalue weighted by atomic mass is 10.00. The molecular formula is C16H23ClFN. The maximum atomic E-state index is 13.9. The van der Waals surface area contributed by atoms with Crippen LogP contribution in [0.2, 0.25) is 5.02 Å². The highest BCUT2D eigenvalue weighted by Gasteiger charge is 2.13. The smallest absolute Gasteiger partial charge is 0.145 e. The Morgan fingerprint density at radius 1 is 1.47 bits per heavy atom. The van der Waals surface area contributed by atoms with Crippen molar-refractivity contribution in [1.82, 2.24) is 5.32 Å². The first-order valence-corrected chi connectivity index (χ1v) is 7.34. The van der Waals surface area contributed by atoms with Crippen LogP contribution in [0.1, 0.15) is 38.2 Å². The van der Waals surface area contributed by atoms with E-state index in [9.17, 15) is 4.39 Å². The van der Waals surface area contributed by atoms with Gasteiger partial charge in [-0.05, 0) is 50.3 Å². The number of benzene rings is 1. The number of halogens is 2. The molecule has 1 N–H and O–H groups in total. The molecule has 1 atom stereocenters. The summed E-state index contributed by atoms with van der Waals surface area (Å²) >= 11 is 5.82. The first-order valence-electron chi connectivity index (χ1n) is 6.96. The second kappa shape index (κ2) is 9.11. The minimum atomic E-state index is -0.281. The van der Waals surface area contributed by atoms with E-state index in [2.05, 4.69) is 18.8 Å². The van der Waals surface area contributed by atoms with Crippen molar-refractivity contribution >= 4 is 11.6 Å². The van der Waals surface area contributed by atoms with Crippen LogP contribution >= 0.6 is 11.6 Å². The van der Waals surface area contributed by atoms with Gasteiger partial charge in [0.25, 0.3) is 0 Å². The predicted octanol–water partition coefficient (Wildman–Crippen LogP) is 4.75. The largest absolute Gasteiger partial charge is 0.314 e. The molecule has 0 amide bonds. The molecule has 1 unspecified atom stereocenters. The molecule has 0 bridgehead atoms. The summed E-state index contributed by atoms with van der Waals surface area (Å²) in [6.45, 7) is 6.82. The highest BCUT2D eigenvalue weighted by atomic mass is 35.5. The van der Waals surface area contributed by atoms with E-state index in [4.69, 9.17) is 11.6 Å². The highest BCUT2D eigenvalue weighted by molar-refractivity contribution is 6.30.